The lowest BCUT2D eigenvalue weighted by Crippen LogP contribution is -2.15. The number of nitrogens with one attached hydrogen (secondary N) is 1. The third-order valence-corrected chi connectivity index (χ3v) is 4.68. The fraction of sp³-hybridized carbons (Fsp3) is 0. The van der Waals surface area contributed by atoms with Gasteiger partial charge in [-0.2, -0.15) is 0 Å². The zero-order valence-corrected chi connectivity index (χ0v) is 13.1. The Kier molecular flexibility index (Phi) is 4.22. The van der Waals surface area contributed by atoms with Crippen LogP contribution in [0.15, 0.2) is 45.8 Å². The van der Waals surface area contributed by atoms with Crippen molar-refractivity contribution in [3.63, 3.8) is 0 Å². The number of benzene rings is 2. The molecule has 0 fully saturated rings. The van der Waals surface area contributed by atoms with Gasteiger partial charge in [0.2, 0.25) is 0 Å². The lowest BCUT2D eigenvalue weighted by molar-refractivity contribution is 0.601. The Balaban J connectivity index is 2.41. The second-order valence-corrected chi connectivity index (χ2v) is 6.89. The van der Waals surface area contributed by atoms with E-state index < -0.39 is 15.8 Å². The van der Waals surface area contributed by atoms with Crippen LogP contribution in [-0.4, -0.2) is 8.42 Å². The molecule has 0 saturated heterocycles. The molecule has 0 heterocycles. The maximum Gasteiger partial charge on any atom is 0.263 e. The molecule has 4 nitrogen and oxygen atoms in total. The van der Waals surface area contributed by atoms with Gasteiger partial charge >= 0.3 is 0 Å². The van der Waals surface area contributed by atoms with Crippen molar-refractivity contribution in [2.45, 2.75) is 4.90 Å². The van der Waals surface area contributed by atoms with Crippen molar-refractivity contribution in [2.75, 3.05) is 10.5 Å². The molecule has 0 atom stereocenters. The first-order valence-corrected chi connectivity index (χ1v) is 7.98. The van der Waals surface area contributed by atoms with E-state index in [1.165, 1.54) is 18.2 Å². The van der Waals surface area contributed by atoms with Crippen molar-refractivity contribution < 1.29 is 12.8 Å². The van der Waals surface area contributed by atoms with E-state index in [-0.39, 0.29) is 21.3 Å². The molecular weight excluding hydrogens is 371 g/mol. The molecule has 0 radical (unpaired) electrons. The van der Waals surface area contributed by atoms with Crippen molar-refractivity contribution in [1.82, 2.24) is 0 Å². The average molecular weight is 380 g/mol. The van der Waals surface area contributed by atoms with Gasteiger partial charge < -0.3 is 5.73 Å². The highest BCUT2D eigenvalue weighted by Crippen LogP contribution is 2.28. The number of rotatable bonds is 3. The van der Waals surface area contributed by atoms with Crippen LogP contribution in [0, 0.1) is 5.82 Å². The summed E-state index contributed by atoms with van der Waals surface area (Å²) in [6, 6.07) is 7.75. The van der Waals surface area contributed by atoms with Gasteiger partial charge in [-0.05, 0) is 36.4 Å². The Morgan fingerprint density at radius 1 is 1.20 bits per heavy atom. The summed E-state index contributed by atoms with van der Waals surface area (Å²) in [5.74, 6) is -0.555. The van der Waals surface area contributed by atoms with Crippen LogP contribution in [0.2, 0.25) is 5.02 Å². The zero-order chi connectivity index (χ0) is 14.9. The van der Waals surface area contributed by atoms with E-state index in [2.05, 4.69) is 20.7 Å². The number of sulfonamides is 1. The van der Waals surface area contributed by atoms with Crippen LogP contribution in [-0.2, 0) is 10.0 Å². The summed E-state index contributed by atoms with van der Waals surface area (Å²) in [7, 11) is -3.90. The van der Waals surface area contributed by atoms with Gasteiger partial charge in [0.15, 0.2) is 0 Å². The molecule has 2 rings (SSSR count). The van der Waals surface area contributed by atoms with Crippen molar-refractivity contribution in [2.24, 2.45) is 0 Å². The molecule has 0 aromatic heterocycles. The number of nitrogen functional groups attached to an aromatic ring is 1. The topological polar surface area (TPSA) is 72.2 Å². The Morgan fingerprint density at radius 2 is 1.90 bits per heavy atom. The minimum Gasteiger partial charge on any atom is -0.398 e. The molecule has 0 amide bonds. The average Bonchev–Trinajstić information content (AvgIpc) is 2.32. The summed E-state index contributed by atoms with van der Waals surface area (Å²) >= 11 is 8.97. The SMILES string of the molecule is Nc1cc(Br)ccc1S(=O)(=O)Nc1ccc(F)cc1Cl. The number of hydrogen-bond donors (Lipinski definition) is 2. The smallest absolute Gasteiger partial charge is 0.263 e. The molecule has 0 saturated carbocycles. The summed E-state index contributed by atoms with van der Waals surface area (Å²) < 4.78 is 40.3. The van der Waals surface area contributed by atoms with E-state index in [9.17, 15) is 12.8 Å². The van der Waals surface area contributed by atoms with Gasteiger partial charge in [-0.1, -0.05) is 27.5 Å². The van der Waals surface area contributed by atoms with Gasteiger partial charge in [0.25, 0.3) is 10.0 Å². The quantitative estimate of drug-likeness (QED) is 0.800. The van der Waals surface area contributed by atoms with Crippen LogP contribution >= 0.6 is 27.5 Å². The van der Waals surface area contributed by atoms with E-state index in [0.717, 1.165) is 12.1 Å². The Morgan fingerprint density at radius 3 is 2.50 bits per heavy atom. The minimum atomic E-state index is -3.90. The molecule has 8 heteroatoms. The molecule has 106 valence electrons. The summed E-state index contributed by atoms with van der Waals surface area (Å²) in [6.45, 7) is 0. The molecule has 0 aliphatic rings. The molecule has 2 aromatic carbocycles. The molecule has 20 heavy (non-hydrogen) atoms. The highest BCUT2D eigenvalue weighted by molar-refractivity contribution is 9.10. The maximum atomic E-state index is 12.9. The molecule has 0 aliphatic carbocycles. The molecular formula is C12H9BrClFN2O2S. The van der Waals surface area contributed by atoms with Crippen molar-refractivity contribution in [1.29, 1.82) is 0 Å². The standard InChI is InChI=1S/C12H9BrClFN2O2S/c13-7-1-4-12(10(16)5-7)20(18,19)17-11-3-2-8(15)6-9(11)14/h1-6,17H,16H2. The largest absolute Gasteiger partial charge is 0.398 e. The summed E-state index contributed by atoms with van der Waals surface area (Å²) in [5, 5.41) is -0.0377. The Bertz CT molecular complexity index is 768. The van der Waals surface area contributed by atoms with Gasteiger partial charge in [0, 0.05) is 4.47 Å². The summed E-state index contributed by atoms with van der Waals surface area (Å²) in [6.07, 6.45) is 0. The Labute approximate surface area is 128 Å². The van der Waals surface area contributed by atoms with Crippen molar-refractivity contribution in [3.05, 3.63) is 51.7 Å². The molecule has 0 bridgehead atoms. The fourth-order valence-electron chi connectivity index (χ4n) is 1.54. The van der Waals surface area contributed by atoms with Crippen molar-refractivity contribution in [3.8, 4) is 0 Å². The lowest BCUT2D eigenvalue weighted by atomic mass is 10.3. The normalized spacial score (nSPS) is 11.3. The first-order valence-electron chi connectivity index (χ1n) is 5.32. The van der Waals surface area contributed by atoms with Gasteiger partial charge in [-0.25, -0.2) is 12.8 Å². The first kappa shape index (κ1) is 15.1. The predicted octanol–water partition coefficient (Wildman–Crippen LogP) is 3.62. The van der Waals surface area contributed by atoms with Crippen LogP contribution in [0.5, 0.6) is 0 Å². The van der Waals surface area contributed by atoms with Crippen LogP contribution in [0.4, 0.5) is 15.8 Å². The molecule has 3 N–H and O–H groups in total. The van der Waals surface area contributed by atoms with Crippen LogP contribution in [0.1, 0.15) is 0 Å². The maximum absolute atomic E-state index is 12.9. The molecule has 0 spiro atoms. The monoisotopic (exact) mass is 378 g/mol. The third kappa shape index (κ3) is 3.23. The van der Waals surface area contributed by atoms with E-state index in [1.54, 1.807) is 6.07 Å². The highest BCUT2D eigenvalue weighted by Gasteiger charge is 2.19. The zero-order valence-electron chi connectivity index (χ0n) is 9.90. The second-order valence-electron chi connectivity index (χ2n) is 3.91. The number of halogens is 3. The molecule has 0 aliphatic heterocycles. The first-order chi connectivity index (χ1) is 9.29. The van der Waals surface area contributed by atoms with Gasteiger partial charge in [0.1, 0.15) is 10.7 Å². The second kappa shape index (κ2) is 5.59. The molecule has 2 aromatic rings. The van der Waals surface area contributed by atoms with Crippen LogP contribution < -0.4 is 10.5 Å². The highest BCUT2D eigenvalue weighted by atomic mass is 79.9. The number of hydrogen-bond acceptors (Lipinski definition) is 3. The van der Waals surface area contributed by atoms with Gasteiger partial charge in [-0.15, -0.1) is 0 Å². The minimum absolute atomic E-state index is 0.0377. The van der Waals surface area contributed by atoms with E-state index >= 15 is 0 Å². The summed E-state index contributed by atoms with van der Waals surface area (Å²) in [4.78, 5) is -0.0823. The van der Waals surface area contributed by atoms with Gasteiger partial charge in [-0.3, -0.25) is 4.72 Å². The lowest BCUT2D eigenvalue weighted by Gasteiger charge is -2.11. The van der Waals surface area contributed by atoms with Gasteiger partial charge in [0.05, 0.1) is 16.4 Å². The predicted molar refractivity (Wildman–Crippen MR) is 80.8 cm³/mol. The van der Waals surface area contributed by atoms with Crippen LogP contribution in [0.3, 0.4) is 0 Å². The van der Waals surface area contributed by atoms with Crippen LogP contribution in [0.25, 0.3) is 0 Å². The summed E-state index contributed by atoms with van der Waals surface area (Å²) in [5.41, 5.74) is 5.85. The van der Waals surface area contributed by atoms with E-state index in [1.807, 2.05) is 0 Å². The number of anilines is 2. The fourth-order valence-corrected chi connectivity index (χ4v) is 3.38. The van der Waals surface area contributed by atoms with E-state index in [0.29, 0.717) is 4.47 Å². The number of nitrogens with two attached hydrogens (primary N) is 1. The third-order valence-electron chi connectivity index (χ3n) is 2.44. The Hall–Kier alpha value is -1.31. The van der Waals surface area contributed by atoms with Crippen molar-refractivity contribution >= 4 is 48.9 Å². The molecule has 0 unspecified atom stereocenters. The van der Waals surface area contributed by atoms with E-state index in [4.69, 9.17) is 17.3 Å².